The Morgan fingerprint density at radius 2 is 1.43 bits per heavy atom. The fourth-order valence-corrected chi connectivity index (χ4v) is 4.04. The normalized spacial score (nSPS) is 17.7. The summed E-state index contributed by atoms with van der Waals surface area (Å²) in [5, 5.41) is 0. The van der Waals surface area contributed by atoms with Crippen molar-refractivity contribution in [1.82, 2.24) is 4.90 Å². The third-order valence-electron chi connectivity index (χ3n) is 4.16. The van der Waals surface area contributed by atoms with E-state index in [0.717, 1.165) is 26.1 Å². The Hall–Kier alpha value is -1.16. The highest BCUT2D eigenvalue weighted by Gasteiger charge is 2.43. The number of halogens is 1. The van der Waals surface area contributed by atoms with E-state index < -0.39 is 0 Å². The Morgan fingerprint density at radius 3 is 1.86 bits per heavy atom. The van der Waals surface area contributed by atoms with Crippen molar-refractivity contribution in [2.75, 3.05) is 19.6 Å². The summed E-state index contributed by atoms with van der Waals surface area (Å²) in [6, 6.07) is 21.8. The summed E-state index contributed by atoms with van der Waals surface area (Å²) in [4.78, 5) is 2.52. The summed E-state index contributed by atoms with van der Waals surface area (Å²) < 4.78 is 0.198. The third-order valence-corrected chi connectivity index (χ3v) is 5.06. The largest absolute Gasteiger partial charge is 0.330 e. The second-order valence-corrected chi connectivity index (χ2v) is 7.50. The molecule has 0 atom stereocenters. The summed E-state index contributed by atoms with van der Waals surface area (Å²) in [5.41, 5.74) is 8.42. The molecule has 0 unspecified atom stereocenters. The molecule has 2 nitrogen and oxygen atoms in total. The van der Waals surface area contributed by atoms with Crippen LogP contribution in [0.3, 0.4) is 0 Å². The van der Waals surface area contributed by atoms with Gasteiger partial charge in [-0.1, -0.05) is 76.6 Å². The number of nitrogens with zero attached hydrogens (tertiary/aromatic N) is 1. The van der Waals surface area contributed by atoms with Crippen LogP contribution in [0.25, 0.3) is 0 Å². The fraction of sp³-hybridized carbons (Fsp3) is 0.333. The second-order valence-electron chi connectivity index (χ2n) is 5.82. The lowest BCUT2D eigenvalue weighted by Gasteiger charge is -2.50. The molecule has 1 heterocycles. The zero-order valence-electron chi connectivity index (χ0n) is 12.1. The molecule has 21 heavy (non-hydrogen) atoms. The molecule has 0 aromatic heterocycles. The summed E-state index contributed by atoms with van der Waals surface area (Å²) >= 11 is 3.86. The lowest BCUT2D eigenvalue weighted by Crippen LogP contribution is -2.59. The quantitative estimate of drug-likeness (QED) is 0.840. The van der Waals surface area contributed by atoms with Crippen LogP contribution in [-0.4, -0.2) is 28.9 Å². The highest BCUT2D eigenvalue weighted by Crippen LogP contribution is 2.41. The molecular formula is C18H21BrN2. The molecule has 2 aromatic carbocycles. The van der Waals surface area contributed by atoms with Crippen molar-refractivity contribution in [2.24, 2.45) is 5.73 Å². The monoisotopic (exact) mass is 344 g/mol. The molecule has 0 bridgehead atoms. The molecule has 1 aliphatic rings. The van der Waals surface area contributed by atoms with Crippen molar-refractivity contribution >= 4 is 15.9 Å². The maximum Gasteiger partial charge on any atom is 0.0602 e. The van der Waals surface area contributed by atoms with E-state index in [2.05, 4.69) is 81.5 Å². The highest BCUT2D eigenvalue weighted by atomic mass is 79.9. The van der Waals surface area contributed by atoms with Crippen LogP contribution in [0.5, 0.6) is 0 Å². The molecule has 1 aliphatic heterocycles. The van der Waals surface area contributed by atoms with Crippen LogP contribution in [0.4, 0.5) is 0 Å². The molecule has 3 rings (SSSR count). The average molecular weight is 345 g/mol. The van der Waals surface area contributed by atoms with E-state index in [1.165, 1.54) is 11.1 Å². The SMILES string of the molecule is NCCC1(Br)CN(C(c2ccccc2)c2ccccc2)C1. The van der Waals surface area contributed by atoms with Gasteiger partial charge in [-0.3, -0.25) is 4.90 Å². The van der Waals surface area contributed by atoms with Gasteiger partial charge in [0.05, 0.1) is 10.4 Å². The zero-order valence-corrected chi connectivity index (χ0v) is 13.7. The standard InChI is InChI=1S/C18H21BrN2/c19-18(11-12-20)13-21(14-18)17(15-7-3-1-4-8-15)16-9-5-2-6-10-16/h1-10,17H,11-14,20H2. The van der Waals surface area contributed by atoms with Crippen LogP contribution in [0, 0.1) is 0 Å². The molecule has 0 spiro atoms. The van der Waals surface area contributed by atoms with Gasteiger partial charge in [0.25, 0.3) is 0 Å². The molecule has 2 N–H and O–H groups in total. The van der Waals surface area contributed by atoms with E-state index in [-0.39, 0.29) is 4.32 Å². The minimum Gasteiger partial charge on any atom is -0.330 e. The first-order chi connectivity index (χ1) is 10.2. The Balaban J connectivity index is 1.85. The first-order valence-electron chi connectivity index (χ1n) is 7.45. The van der Waals surface area contributed by atoms with Gasteiger partial charge in [-0.15, -0.1) is 0 Å². The first-order valence-corrected chi connectivity index (χ1v) is 8.24. The smallest absolute Gasteiger partial charge is 0.0602 e. The van der Waals surface area contributed by atoms with Gasteiger partial charge in [-0.2, -0.15) is 0 Å². The number of hydrogen-bond donors (Lipinski definition) is 1. The molecule has 2 aromatic rings. The van der Waals surface area contributed by atoms with E-state index in [9.17, 15) is 0 Å². The lowest BCUT2D eigenvalue weighted by molar-refractivity contribution is 0.0926. The summed E-state index contributed by atoms with van der Waals surface area (Å²) in [5.74, 6) is 0. The van der Waals surface area contributed by atoms with Crippen molar-refractivity contribution in [3.8, 4) is 0 Å². The van der Waals surface area contributed by atoms with Gasteiger partial charge >= 0.3 is 0 Å². The zero-order chi connectivity index (χ0) is 14.7. The van der Waals surface area contributed by atoms with Gasteiger partial charge < -0.3 is 5.73 Å². The molecule has 0 radical (unpaired) electrons. The molecule has 1 fully saturated rings. The number of rotatable bonds is 5. The summed E-state index contributed by atoms with van der Waals surface area (Å²) in [6.45, 7) is 2.82. The lowest BCUT2D eigenvalue weighted by atomic mass is 9.88. The molecule has 0 saturated carbocycles. The van der Waals surface area contributed by atoms with Crippen LogP contribution in [0.15, 0.2) is 60.7 Å². The van der Waals surface area contributed by atoms with Gasteiger partial charge in [-0.25, -0.2) is 0 Å². The van der Waals surface area contributed by atoms with Crippen LogP contribution in [0.2, 0.25) is 0 Å². The predicted molar refractivity (Wildman–Crippen MR) is 91.6 cm³/mol. The van der Waals surface area contributed by atoms with Gasteiger partial charge in [0.1, 0.15) is 0 Å². The van der Waals surface area contributed by atoms with E-state index in [0.29, 0.717) is 6.04 Å². The van der Waals surface area contributed by atoms with E-state index in [1.54, 1.807) is 0 Å². The van der Waals surface area contributed by atoms with Crippen molar-refractivity contribution in [1.29, 1.82) is 0 Å². The van der Waals surface area contributed by atoms with Gasteiger partial charge in [0.2, 0.25) is 0 Å². The Morgan fingerprint density at radius 1 is 0.952 bits per heavy atom. The number of nitrogens with two attached hydrogens (primary N) is 1. The van der Waals surface area contributed by atoms with Gasteiger partial charge in [-0.05, 0) is 24.1 Å². The molecular weight excluding hydrogens is 324 g/mol. The summed E-state index contributed by atoms with van der Waals surface area (Å²) in [7, 11) is 0. The van der Waals surface area contributed by atoms with Gasteiger partial charge in [0, 0.05) is 13.1 Å². The van der Waals surface area contributed by atoms with E-state index in [1.807, 2.05) is 0 Å². The van der Waals surface area contributed by atoms with Crippen molar-refractivity contribution in [2.45, 2.75) is 16.8 Å². The number of likely N-dealkylation sites (tertiary alicyclic amines) is 1. The number of benzene rings is 2. The molecule has 0 aliphatic carbocycles. The summed E-state index contributed by atoms with van der Waals surface area (Å²) in [6.07, 6.45) is 1.03. The second kappa shape index (κ2) is 6.30. The number of hydrogen-bond acceptors (Lipinski definition) is 2. The van der Waals surface area contributed by atoms with E-state index >= 15 is 0 Å². The average Bonchev–Trinajstić information content (AvgIpc) is 2.48. The maximum atomic E-state index is 5.72. The first kappa shape index (κ1) is 14.8. The number of alkyl halides is 1. The Kier molecular flexibility index (Phi) is 4.43. The van der Waals surface area contributed by atoms with Crippen LogP contribution in [-0.2, 0) is 0 Å². The Bertz CT molecular complexity index is 525. The van der Waals surface area contributed by atoms with Gasteiger partial charge in [0.15, 0.2) is 0 Å². The topological polar surface area (TPSA) is 29.3 Å². The molecule has 0 amide bonds. The van der Waals surface area contributed by atoms with Crippen molar-refractivity contribution in [3.63, 3.8) is 0 Å². The molecule has 3 heteroatoms. The highest BCUT2D eigenvalue weighted by molar-refractivity contribution is 9.10. The van der Waals surface area contributed by atoms with Crippen LogP contribution >= 0.6 is 15.9 Å². The minimum atomic E-state index is 0.198. The third kappa shape index (κ3) is 3.20. The predicted octanol–water partition coefficient (Wildman–Crippen LogP) is 3.57. The van der Waals surface area contributed by atoms with E-state index in [4.69, 9.17) is 5.73 Å². The van der Waals surface area contributed by atoms with Crippen LogP contribution in [0.1, 0.15) is 23.6 Å². The minimum absolute atomic E-state index is 0.198. The Labute approximate surface area is 135 Å². The fourth-order valence-electron chi connectivity index (χ4n) is 3.17. The van der Waals surface area contributed by atoms with Crippen molar-refractivity contribution in [3.05, 3.63) is 71.8 Å². The maximum absolute atomic E-state index is 5.72. The molecule has 110 valence electrons. The van der Waals surface area contributed by atoms with Crippen LogP contribution < -0.4 is 5.73 Å². The molecule has 1 saturated heterocycles. The van der Waals surface area contributed by atoms with Crippen molar-refractivity contribution < 1.29 is 0 Å².